The van der Waals surface area contributed by atoms with Gasteiger partial charge in [0.15, 0.2) is 0 Å². The van der Waals surface area contributed by atoms with Gasteiger partial charge in [0.25, 0.3) is 11.8 Å². The highest BCUT2D eigenvalue weighted by Gasteiger charge is 2.13. The van der Waals surface area contributed by atoms with Gasteiger partial charge in [-0.05, 0) is 61.4 Å². The molecule has 0 heterocycles. The van der Waals surface area contributed by atoms with Crippen molar-refractivity contribution < 1.29 is 19.1 Å². The molecule has 6 heteroatoms. The Morgan fingerprint density at radius 2 is 1.33 bits per heavy atom. The van der Waals surface area contributed by atoms with Gasteiger partial charge in [-0.3, -0.25) is 9.59 Å². The second-order valence-corrected chi connectivity index (χ2v) is 6.08. The Balaban J connectivity index is 1.81. The molecule has 144 valence electrons. The minimum absolute atomic E-state index is 0.0178. The molecule has 0 aliphatic rings. The summed E-state index contributed by atoms with van der Waals surface area (Å²) in [4.78, 5) is 24.5. The third-order valence-corrected chi connectivity index (χ3v) is 4.31. The summed E-state index contributed by atoms with van der Waals surface area (Å²) in [6.07, 6.45) is 1.43. The largest absolute Gasteiger partial charge is 0.497 e. The number of rotatable bonds is 9. The molecular formula is C21H26N2O4. The van der Waals surface area contributed by atoms with E-state index in [4.69, 9.17) is 9.47 Å². The number of nitrogens with one attached hydrogen (secondary N) is 2. The standard InChI is InChI=1S/C21H26N2O4/c1-4-17(23-21(25)16-7-11-19(27-3)12-8-16)13-14-22-20(24)15-5-9-18(26-2)10-6-15/h5-12,17H,4,13-14H2,1-3H3,(H,22,24)(H,23,25)/t17-/m0/s1. The van der Waals surface area contributed by atoms with Gasteiger partial charge in [0.05, 0.1) is 14.2 Å². The molecule has 0 radical (unpaired) electrons. The van der Waals surface area contributed by atoms with E-state index in [0.29, 0.717) is 35.6 Å². The number of amides is 2. The zero-order chi connectivity index (χ0) is 19.6. The molecule has 0 spiro atoms. The molecule has 27 heavy (non-hydrogen) atoms. The Kier molecular flexibility index (Phi) is 7.67. The first-order valence-electron chi connectivity index (χ1n) is 8.94. The zero-order valence-electron chi connectivity index (χ0n) is 16.0. The Morgan fingerprint density at radius 1 is 0.852 bits per heavy atom. The van der Waals surface area contributed by atoms with Crippen LogP contribution in [0.4, 0.5) is 0 Å². The van der Waals surface area contributed by atoms with Crippen LogP contribution >= 0.6 is 0 Å². The summed E-state index contributed by atoms with van der Waals surface area (Å²) < 4.78 is 10.2. The molecule has 0 fully saturated rings. The molecule has 0 saturated heterocycles. The third kappa shape index (κ3) is 6.02. The van der Waals surface area contributed by atoms with Crippen LogP contribution in [0.1, 0.15) is 40.5 Å². The molecule has 2 N–H and O–H groups in total. The maximum absolute atomic E-state index is 12.3. The highest BCUT2D eigenvalue weighted by Crippen LogP contribution is 2.12. The maximum atomic E-state index is 12.3. The van der Waals surface area contributed by atoms with Crippen LogP contribution in [0, 0.1) is 0 Å². The summed E-state index contributed by atoms with van der Waals surface area (Å²) in [5.74, 6) is 1.14. The van der Waals surface area contributed by atoms with Crippen molar-refractivity contribution in [3.8, 4) is 11.5 Å². The van der Waals surface area contributed by atoms with E-state index in [1.54, 1.807) is 62.8 Å². The highest BCUT2D eigenvalue weighted by atomic mass is 16.5. The Labute approximate surface area is 159 Å². The van der Waals surface area contributed by atoms with Crippen molar-refractivity contribution in [2.45, 2.75) is 25.8 Å². The average molecular weight is 370 g/mol. The van der Waals surface area contributed by atoms with E-state index in [1.165, 1.54) is 0 Å². The van der Waals surface area contributed by atoms with Crippen LogP contribution < -0.4 is 20.1 Å². The second kappa shape index (κ2) is 10.2. The molecule has 0 unspecified atom stereocenters. The topological polar surface area (TPSA) is 76.7 Å². The zero-order valence-corrected chi connectivity index (χ0v) is 16.0. The molecule has 0 aliphatic heterocycles. The predicted octanol–water partition coefficient (Wildman–Crippen LogP) is 3.03. The van der Waals surface area contributed by atoms with Crippen LogP contribution in [0.15, 0.2) is 48.5 Å². The minimum atomic E-state index is -0.144. The molecule has 2 amide bonds. The Morgan fingerprint density at radius 3 is 1.78 bits per heavy atom. The number of benzene rings is 2. The summed E-state index contributed by atoms with van der Waals surface area (Å²) in [6.45, 7) is 2.48. The van der Waals surface area contributed by atoms with E-state index in [9.17, 15) is 9.59 Å². The monoisotopic (exact) mass is 370 g/mol. The first kappa shape index (κ1) is 20.3. The second-order valence-electron chi connectivity index (χ2n) is 6.08. The van der Waals surface area contributed by atoms with Crippen LogP contribution in [-0.4, -0.2) is 38.6 Å². The van der Waals surface area contributed by atoms with E-state index in [1.807, 2.05) is 6.92 Å². The number of methoxy groups -OCH3 is 2. The van der Waals surface area contributed by atoms with Crippen LogP contribution in [0.2, 0.25) is 0 Å². The first-order chi connectivity index (χ1) is 13.1. The first-order valence-corrected chi connectivity index (χ1v) is 8.94. The van der Waals surface area contributed by atoms with Crippen LogP contribution in [-0.2, 0) is 0 Å². The van der Waals surface area contributed by atoms with Crippen LogP contribution in [0.5, 0.6) is 11.5 Å². The summed E-state index contributed by atoms with van der Waals surface area (Å²) in [5.41, 5.74) is 1.16. The van der Waals surface area contributed by atoms with Crippen LogP contribution in [0.3, 0.4) is 0 Å². The van der Waals surface area contributed by atoms with Gasteiger partial charge < -0.3 is 20.1 Å². The molecule has 6 nitrogen and oxygen atoms in total. The summed E-state index contributed by atoms with van der Waals surface area (Å²) >= 11 is 0. The number of ether oxygens (including phenoxy) is 2. The van der Waals surface area contributed by atoms with E-state index < -0.39 is 0 Å². The normalized spacial score (nSPS) is 11.4. The summed E-state index contributed by atoms with van der Waals surface area (Å²) in [6, 6.07) is 13.9. The fraction of sp³-hybridized carbons (Fsp3) is 0.333. The van der Waals surface area contributed by atoms with Crippen molar-refractivity contribution in [1.29, 1.82) is 0 Å². The van der Waals surface area contributed by atoms with E-state index >= 15 is 0 Å². The van der Waals surface area contributed by atoms with Crippen molar-refractivity contribution in [2.75, 3.05) is 20.8 Å². The lowest BCUT2D eigenvalue weighted by atomic mass is 10.1. The molecule has 2 aromatic rings. The molecule has 0 bridgehead atoms. The van der Waals surface area contributed by atoms with Crippen LogP contribution in [0.25, 0.3) is 0 Å². The highest BCUT2D eigenvalue weighted by molar-refractivity contribution is 5.95. The number of carbonyl (C=O) groups excluding carboxylic acids is 2. The van der Waals surface area contributed by atoms with E-state index in [-0.39, 0.29) is 17.9 Å². The predicted molar refractivity (Wildman–Crippen MR) is 104 cm³/mol. The number of hydrogen-bond acceptors (Lipinski definition) is 4. The summed E-state index contributed by atoms with van der Waals surface area (Å²) in [5, 5.41) is 5.88. The molecule has 0 saturated carbocycles. The van der Waals surface area contributed by atoms with Gasteiger partial charge in [-0.2, -0.15) is 0 Å². The van der Waals surface area contributed by atoms with Gasteiger partial charge in [0, 0.05) is 23.7 Å². The van der Waals surface area contributed by atoms with Crippen molar-refractivity contribution in [1.82, 2.24) is 10.6 Å². The lowest BCUT2D eigenvalue weighted by Gasteiger charge is -2.17. The van der Waals surface area contributed by atoms with Gasteiger partial charge in [0.2, 0.25) is 0 Å². The number of carbonyl (C=O) groups is 2. The third-order valence-electron chi connectivity index (χ3n) is 4.31. The van der Waals surface area contributed by atoms with Crippen molar-refractivity contribution in [3.63, 3.8) is 0 Å². The molecule has 2 aromatic carbocycles. The van der Waals surface area contributed by atoms with Gasteiger partial charge in [-0.1, -0.05) is 6.92 Å². The molecule has 0 aliphatic carbocycles. The minimum Gasteiger partial charge on any atom is -0.497 e. The van der Waals surface area contributed by atoms with Crippen molar-refractivity contribution in [2.24, 2.45) is 0 Å². The van der Waals surface area contributed by atoms with Gasteiger partial charge >= 0.3 is 0 Å². The van der Waals surface area contributed by atoms with E-state index in [0.717, 1.165) is 6.42 Å². The number of hydrogen-bond donors (Lipinski definition) is 2. The molecule has 2 rings (SSSR count). The van der Waals surface area contributed by atoms with Gasteiger partial charge in [-0.15, -0.1) is 0 Å². The quantitative estimate of drug-likeness (QED) is 0.711. The van der Waals surface area contributed by atoms with E-state index in [2.05, 4.69) is 10.6 Å². The average Bonchev–Trinajstić information content (AvgIpc) is 2.72. The van der Waals surface area contributed by atoms with Crippen molar-refractivity contribution in [3.05, 3.63) is 59.7 Å². The molecule has 0 aromatic heterocycles. The maximum Gasteiger partial charge on any atom is 0.251 e. The fourth-order valence-electron chi connectivity index (χ4n) is 2.59. The van der Waals surface area contributed by atoms with Gasteiger partial charge in [-0.25, -0.2) is 0 Å². The Hall–Kier alpha value is -3.02. The SMILES string of the molecule is CC[C@@H](CCNC(=O)c1ccc(OC)cc1)NC(=O)c1ccc(OC)cc1. The lowest BCUT2D eigenvalue weighted by Crippen LogP contribution is -2.37. The molecule has 1 atom stereocenters. The fourth-order valence-corrected chi connectivity index (χ4v) is 2.59. The molecular weight excluding hydrogens is 344 g/mol. The Bertz CT molecular complexity index is 742. The van der Waals surface area contributed by atoms with Gasteiger partial charge in [0.1, 0.15) is 11.5 Å². The van der Waals surface area contributed by atoms with Crippen molar-refractivity contribution >= 4 is 11.8 Å². The summed E-state index contributed by atoms with van der Waals surface area (Å²) in [7, 11) is 3.17. The lowest BCUT2D eigenvalue weighted by molar-refractivity contribution is 0.0932. The smallest absolute Gasteiger partial charge is 0.251 e.